The van der Waals surface area contributed by atoms with Crippen LogP contribution in [0.1, 0.15) is 24.1 Å². The summed E-state index contributed by atoms with van der Waals surface area (Å²) in [6.45, 7) is 4.75. The number of nitrogens with one attached hydrogen (secondary N) is 1. The van der Waals surface area contributed by atoms with E-state index < -0.39 is 0 Å². The molecular formula is C21H22N6O. The smallest absolute Gasteiger partial charge is 0.252 e. The third-order valence-corrected chi connectivity index (χ3v) is 5.50. The Morgan fingerprint density at radius 2 is 1.89 bits per heavy atom. The zero-order chi connectivity index (χ0) is 19.1. The van der Waals surface area contributed by atoms with Gasteiger partial charge in [-0.3, -0.25) is 9.78 Å². The Balaban J connectivity index is 1.52. The van der Waals surface area contributed by atoms with Crippen LogP contribution in [-0.2, 0) is 6.42 Å². The Morgan fingerprint density at radius 1 is 1.07 bits per heavy atom. The first-order valence-corrected chi connectivity index (χ1v) is 9.75. The highest BCUT2D eigenvalue weighted by molar-refractivity contribution is 5.68. The molecule has 2 aliphatic rings. The van der Waals surface area contributed by atoms with Crippen LogP contribution in [-0.4, -0.2) is 39.6 Å². The van der Waals surface area contributed by atoms with E-state index in [0.717, 1.165) is 48.9 Å². The second-order valence-electron chi connectivity index (χ2n) is 7.35. The Bertz CT molecular complexity index is 1090. The molecule has 4 heterocycles. The van der Waals surface area contributed by atoms with Crippen molar-refractivity contribution in [1.82, 2.24) is 19.9 Å². The summed E-state index contributed by atoms with van der Waals surface area (Å²) < 4.78 is 0. The lowest BCUT2D eigenvalue weighted by molar-refractivity contribution is 0.888. The molecule has 7 nitrogen and oxygen atoms in total. The van der Waals surface area contributed by atoms with E-state index in [0.29, 0.717) is 11.6 Å². The molecule has 1 fully saturated rings. The molecule has 1 N–H and O–H groups in total. The Morgan fingerprint density at radius 3 is 2.71 bits per heavy atom. The molecule has 0 radical (unpaired) electrons. The minimum atomic E-state index is -0.174. The predicted molar refractivity (Wildman–Crippen MR) is 109 cm³/mol. The van der Waals surface area contributed by atoms with Gasteiger partial charge in [0.2, 0.25) is 11.9 Å². The lowest BCUT2D eigenvalue weighted by Crippen LogP contribution is -2.22. The van der Waals surface area contributed by atoms with E-state index in [1.165, 1.54) is 24.5 Å². The van der Waals surface area contributed by atoms with Crippen LogP contribution in [0.3, 0.4) is 0 Å². The van der Waals surface area contributed by atoms with Gasteiger partial charge in [-0.25, -0.2) is 15.0 Å². The number of benzene rings is 1. The minimum Gasteiger partial charge on any atom is -0.341 e. The van der Waals surface area contributed by atoms with Gasteiger partial charge in [0.15, 0.2) is 0 Å². The van der Waals surface area contributed by atoms with Crippen LogP contribution in [0.4, 0.5) is 17.6 Å². The van der Waals surface area contributed by atoms with Crippen LogP contribution in [0.2, 0.25) is 0 Å². The molecule has 2 aromatic heterocycles. The van der Waals surface area contributed by atoms with Gasteiger partial charge < -0.3 is 9.80 Å². The minimum absolute atomic E-state index is 0.174. The van der Waals surface area contributed by atoms with Crippen molar-refractivity contribution < 1.29 is 0 Å². The molecule has 1 aromatic carbocycles. The quantitative estimate of drug-likeness (QED) is 0.760. The van der Waals surface area contributed by atoms with Crippen LogP contribution in [0, 0.1) is 6.92 Å². The second-order valence-corrected chi connectivity index (χ2v) is 7.35. The molecule has 28 heavy (non-hydrogen) atoms. The number of fused-ring (bicyclic) bond motifs is 1. The topological polar surface area (TPSA) is 78.0 Å². The highest BCUT2D eigenvalue weighted by atomic mass is 16.1. The summed E-state index contributed by atoms with van der Waals surface area (Å²) in [4.78, 5) is 33.5. The van der Waals surface area contributed by atoms with Crippen LogP contribution in [0.15, 0.2) is 41.3 Å². The van der Waals surface area contributed by atoms with Gasteiger partial charge in [-0.2, -0.15) is 0 Å². The van der Waals surface area contributed by atoms with Crippen molar-refractivity contribution in [2.75, 3.05) is 29.4 Å². The Hall–Kier alpha value is -3.22. The zero-order valence-corrected chi connectivity index (χ0v) is 15.9. The molecule has 0 saturated carbocycles. The number of anilines is 3. The Labute approximate surface area is 163 Å². The van der Waals surface area contributed by atoms with Gasteiger partial charge in [0.1, 0.15) is 0 Å². The predicted octanol–water partition coefficient (Wildman–Crippen LogP) is 2.83. The summed E-state index contributed by atoms with van der Waals surface area (Å²) >= 11 is 0. The molecule has 0 unspecified atom stereocenters. The van der Waals surface area contributed by atoms with Crippen LogP contribution >= 0.6 is 0 Å². The van der Waals surface area contributed by atoms with Crippen molar-refractivity contribution in [3.05, 3.63) is 58.1 Å². The number of aryl methyl sites for hydroxylation is 1. The number of aromatic nitrogens is 4. The van der Waals surface area contributed by atoms with Crippen molar-refractivity contribution in [3.63, 3.8) is 0 Å². The van der Waals surface area contributed by atoms with Gasteiger partial charge >= 0.3 is 0 Å². The average Bonchev–Trinajstić information content (AvgIpc) is 3.37. The van der Waals surface area contributed by atoms with Crippen molar-refractivity contribution in [2.24, 2.45) is 0 Å². The molecule has 5 rings (SSSR count). The zero-order valence-electron chi connectivity index (χ0n) is 15.9. The fourth-order valence-corrected chi connectivity index (χ4v) is 4.04. The van der Waals surface area contributed by atoms with Gasteiger partial charge in [0.05, 0.1) is 11.4 Å². The van der Waals surface area contributed by atoms with E-state index >= 15 is 0 Å². The number of hydrogen-bond donors (Lipinski definition) is 1. The third kappa shape index (κ3) is 2.93. The molecule has 2 aliphatic heterocycles. The first kappa shape index (κ1) is 16.9. The summed E-state index contributed by atoms with van der Waals surface area (Å²) in [6, 6.07) is 9.75. The van der Waals surface area contributed by atoms with Crippen LogP contribution in [0.25, 0.3) is 11.3 Å². The van der Waals surface area contributed by atoms with E-state index in [2.05, 4.69) is 36.9 Å². The molecule has 1 saturated heterocycles. The largest absolute Gasteiger partial charge is 0.341 e. The molecule has 142 valence electrons. The van der Waals surface area contributed by atoms with Gasteiger partial charge in [0, 0.05) is 43.1 Å². The van der Waals surface area contributed by atoms with Crippen molar-refractivity contribution in [1.29, 1.82) is 0 Å². The lowest BCUT2D eigenvalue weighted by atomic mass is 10.1. The standard InChI is InChI=1S/C21H22N6O/c1-14-16(13-22-20(23-14)26-9-4-5-10-26)17-12-19(28)25-21(24-17)27-11-8-15-6-2-3-7-18(15)27/h2-3,6-7,12-13H,4-5,8-11H2,1H3,(H,24,25,28). The van der Waals surface area contributed by atoms with Gasteiger partial charge in [-0.1, -0.05) is 18.2 Å². The Kier molecular flexibility index (Phi) is 4.07. The van der Waals surface area contributed by atoms with E-state index in [9.17, 15) is 4.79 Å². The van der Waals surface area contributed by atoms with E-state index in [4.69, 9.17) is 4.98 Å². The monoisotopic (exact) mass is 374 g/mol. The summed E-state index contributed by atoms with van der Waals surface area (Å²) in [5.74, 6) is 1.33. The van der Waals surface area contributed by atoms with Crippen molar-refractivity contribution >= 4 is 17.6 Å². The molecule has 0 bridgehead atoms. The van der Waals surface area contributed by atoms with E-state index in [1.807, 2.05) is 19.1 Å². The van der Waals surface area contributed by atoms with Crippen molar-refractivity contribution in [3.8, 4) is 11.3 Å². The molecule has 0 atom stereocenters. The van der Waals surface area contributed by atoms with E-state index in [1.54, 1.807) is 6.20 Å². The summed E-state index contributed by atoms with van der Waals surface area (Å²) in [7, 11) is 0. The van der Waals surface area contributed by atoms with Gasteiger partial charge in [-0.05, 0) is 37.8 Å². The normalized spacial score (nSPS) is 15.9. The molecule has 7 heteroatoms. The number of aromatic amines is 1. The molecule has 0 aliphatic carbocycles. The summed E-state index contributed by atoms with van der Waals surface area (Å²) in [5, 5.41) is 0. The van der Waals surface area contributed by atoms with Crippen LogP contribution in [0.5, 0.6) is 0 Å². The fraction of sp³-hybridized carbons (Fsp3) is 0.333. The molecule has 0 amide bonds. The SMILES string of the molecule is Cc1nc(N2CCCC2)ncc1-c1cc(=O)[nH]c(N2CCc3ccccc32)n1. The number of H-pyrrole nitrogens is 1. The van der Waals surface area contributed by atoms with E-state index in [-0.39, 0.29) is 5.56 Å². The maximum Gasteiger partial charge on any atom is 0.252 e. The summed E-state index contributed by atoms with van der Waals surface area (Å²) in [5.41, 5.74) is 4.43. The highest BCUT2D eigenvalue weighted by Gasteiger charge is 2.23. The average molecular weight is 374 g/mol. The molecule has 0 spiro atoms. The van der Waals surface area contributed by atoms with Gasteiger partial charge in [0.25, 0.3) is 5.56 Å². The van der Waals surface area contributed by atoms with Crippen molar-refractivity contribution in [2.45, 2.75) is 26.2 Å². The maximum atomic E-state index is 12.4. The number of rotatable bonds is 3. The summed E-state index contributed by atoms with van der Waals surface area (Å²) in [6.07, 6.45) is 5.09. The first-order chi connectivity index (χ1) is 13.7. The number of nitrogens with zero attached hydrogens (tertiary/aromatic N) is 5. The van der Waals surface area contributed by atoms with Gasteiger partial charge in [-0.15, -0.1) is 0 Å². The molecular weight excluding hydrogens is 352 g/mol. The fourth-order valence-electron chi connectivity index (χ4n) is 4.04. The number of para-hydroxylation sites is 1. The van der Waals surface area contributed by atoms with Crippen LogP contribution < -0.4 is 15.4 Å². The second kappa shape index (κ2) is 6.74. The maximum absolute atomic E-state index is 12.4. The third-order valence-electron chi connectivity index (χ3n) is 5.50. The lowest BCUT2D eigenvalue weighted by Gasteiger charge is -2.19. The number of hydrogen-bond acceptors (Lipinski definition) is 6. The first-order valence-electron chi connectivity index (χ1n) is 9.75. The highest BCUT2D eigenvalue weighted by Crippen LogP contribution is 2.32. The molecule has 3 aromatic rings.